The van der Waals surface area contributed by atoms with Crippen molar-refractivity contribution < 1.29 is 23.9 Å². The van der Waals surface area contributed by atoms with Crippen LogP contribution in [0.15, 0.2) is 24.3 Å². The van der Waals surface area contributed by atoms with Crippen molar-refractivity contribution in [2.45, 2.75) is 78.2 Å². The maximum atomic E-state index is 12.4. The lowest BCUT2D eigenvalue weighted by atomic mass is 10.0. The van der Waals surface area contributed by atoms with Gasteiger partial charge in [0.1, 0.15) is 11.8 Å². The van der Waals surface area contributed by atoms with E-state index < -0.39 is 6.04 Å². The molecule has 1 aromatic carbocycles. The molecule has 0 saturated carbocycles. The van der Waals surface area contributed by atoms with Crippen molar-refractivity contribution >= 4 is 17.7 Å². The van der Waals surface area contributed by atoms with Crippen LogP contribution in [0, 0.1) is 0 Å². The van der Waals surface area contributed by atoms with Gasteiger partial charge >= 0.3 is 11.9 Å². The van der Waals surface area contributed by atoms with Gasteiger partial charge in [-0.2, -0.15) is 0 Å². The first kappa shape index (κ1) is 25.8. The van der Waals surface area contributed by atoms with Gasteiger partial charge in [-0.3, -0.25) is 14.4 Å². The van der Waals surface area contributed by atoms with Gasteiger partial charge in [-0.1, -0.05) is 44.0 Å². The van der Waals surface area contributed by atoms with E-state index >= 15 is 0 Å². The molecule has 1 rings (SSSR count). The Hall–Kier alpha value is -2.21. The molecule has 0 aliphatic heterocycles. The summed E-state index contributed by atoms with van der Waals surface area (Å²) in [5.74, 6) is -0.301. The van der Waals surface area contributed by atoms with Crippen LogP contribution in [0.25, 0.3) is 0 Å². The number of unbranched alkanes of at least 4 members (excludes halogenated alkanes) is 2. The van der Waals surface area contributed by atoms with Crippen molar-refractivity contribution in [3.8, 4) is 0 Å². The molecule has 0 amide bonds. The van der Waals surface area contributed by atoms with Gasteiger partial charge < -0.3 is 14.8 Å². The van der Waals surface area contributed by atoms with Crippen LogP contribution in [0.2, 0.25) is 0 Å². The summed E-state index contributed by atoms with van der Waals surface area (Å²) in [5.41, 5.74) is 2.01. The number of aryl methyl sites for hydroxylation is 1. The first-order valence-electron chi connectivity index (χ1n) is 11.1. The van der Waals surface area contributed by atoms with Crippen molar-refractivity contribution in [1.29, 1.82) is 0 Å². The highest BCUT2D eigenvalue weighted by atomic mass is 16.5. The zero-order valence-electron chi connectivity index (χ0n) is 18.7. The summed E-state index contributed by atoms with van der Waals surface area (Å²) < 4.78 is 10.2. The summed E-state index contributed by atoms with van der Waals surface area (Å²) in [6, 6.07) is 7.34. The fraction of sp³-hybridized carbons (Fsp3) is 0.625. The Kier molecular flexibility index (Phi) is 13.4. The van der Waals surface area contributed by atoms with E-state index in [-0.39, 0.29) is 17.7 Å². The third kappa shape index (κ3) is 11.1. The van der Waals surface area contributed by atoms with Crippen LogP contribution in [0.3, 0.4) is 0 Å². The van der Waals surface area contributed by atoms with Crippen LogP contribution in [0.4, 0.5) is 0 Å². The van der Waals surface area contributed by atoms with E-state index in [9.17, 15) is 14.4 Å². The molecule has 0 aromatic heterocycles. The SMILES string of the molecule is CCCCCC(=O)CCNC(Cc1cccc(CCC(=O)OCC)c1)C(=O)OCC. The normalized spacial score (nSPS) is 11.7. The highest BCUT2D eigenvalue weighted by Gasteiger charge is 2.20. The number of carbonyl (C=O) groups is 3. The second kappa shape index (κ2) is 15.6. The Bertz CT molecular complexity index is 659. The minimum absolute atomic E-state index is 0.211. The zero-order chi connectivity index (χ0) is 22.2. The molecule has 0 heterocycles. The predicted octanol–water partition coefficient (Wildman–Crippen LogP) is 3.79. The van der Waals surface area contributed by atoms with Crippen molar-refractivity contribution in [2.75, 3.05) is 19.8 Å². The van der Waals surface area contributed by atoms with Crippen LogP contribution in [-0.2, 0) is 36.7 Å². The predicted molar refractivity (Wildman–Crippen MR) is 117 cm³/mol. The number of benzene rings is 1. The Labute approximate surface area is 180 Å². The number of ether oxygens (including phenoxy) is 2. The molecule has 168 valence electrons. The van der Waals surface area contributed by atoms with Gasteiger partial charge in [-0.05, 0) is 44.2 Å². The highest BCUT2D eigenvalue weighted by Crippen LogP contribution is 2.12. The van der Waals surface area contributed by atoms with Gasteiger partial charge in [-0.25, -0.2) is 0 Å². The van der Waals surface area contributed by atoms with E-state index in [1.807, 2.05) is 24.3 Å². The first-order valence-corrected chi connectivity index (χ1v) is 11.1. The van der Waals surface area contributed by atoms with Crippen molar-refractivity contribution in [3.63, 3.8) is 0 Å². The molecule has 0 radical (unpaired) electrons. The van der Waals surface area contributed by atoms with Crippen LogP contribution in [-0.4, -0.2) is 43.5 Å². The second-order valence-electron chi connectivity index (χ2n) is 7.33. The van der Waals surface area contributed by atoms with Gasteiger partial charge in [0.25, 0.3) is 0 Å². The number of rotatable bonds is 16. The Morgan fingerprint density at radius 3 is 2.37 bits per heavy atom. The maximum absolute atomic E-state index is 12.4. The molecule has 0 aliphatic rings. The van der Waals surface area contributed by atoms with Gasteiger partial charge in [0.2, 0.25) is 0 Å². The average molecular weight is 420 g/mol. The number of nitrogens with one attached hydrogen (secondary N) is 1. The number of ketones is 1. The number of esters is 2. The lowest BCUT2D eigenvalue weighted by Gasteiger charge is -2.18. The summed E-state index contributed by atoms with van der Waals surface area (Å²) in [4.78, 5) is 35.9. The molecule has 0 bridgehead atoms. The lowest BCUT2D eigenvalue weighted by molar-refractivity contribution is -0.146. The van der Waals surface area contributed by atoms with Crippen molar-refractivity contribution in [2.24, 2.45) is 0 Å². The summed E-state index contributed by atoms with van der Waals surface area (Å²) in [6.45, 7) is 6.83. The van der Waals surface area contributed by atoms with Gasteiger partial charge in [0, 0.05) is 25.8 Å². The van der Waals surface area contributed by atoms with E-state index in [0.29, 0.717) is 51.9 Å². The molecule has 6 heteroatoms. The largest absolute Gasteiger partial charge is 0.466 e. The third-order valence-electron chi connectivity index (χ3n) is 4.78. The van der Waals surface area contributed by atoms with Crippen LogP contribution in [0.5, 0.6) is 0 Å². The molecule has 1 aromatic rings. The van der Waals surface area contributed by atoms with E-state index in [0.717, 1.165) is 30.4 Å². The van der Waals surface area contributed by atoms with Gasteiger partial charge in [-0.15, -0.1) is 0 Å². The minimum atomic E-state index is -0.506. The van der Waals surface area contributed by atoms with E-state index in [1.165, 1.54) is 0 Å². The van der Waals surface area contributed by atoms with Gasteiger partial charge in [0.05, 0.1) is 13.2 Å². The summed E-state index contributed by atoms with van der Waals surface area (Å²) in [6.07, 6.45) is 5.49. The van der Waals surface area contributed by atoms with E-state index in [2.05, 4.69) is 12.2 Å². The molecule has 1 unspecified atom stereocenters. The Morgan fingerprint density at radius 1 is 0.933 bits per heavy atom. The van der Waals surface area contributed by atoms with Gasteiger partial charge in [0.15, 0.2) is 0 Å². The molecule has 0 saturated heterocycles. The Balaban J connectivity index is 2.62. The highest BCUT2D eigenvalue weighted by molar-refractivity contribution is 5.79. The molecule has 1 atom stereocenters. The van der Waals surface area contributed by atoms with E-state index in [4.69, 9.17) is 9.47 Å². The monoisotopic (exact) mass is 419 g/mol. The fourth-order valence-electron chi connectivity index (χ4n) is 3.19. The molecular formula is C24H37NO5. The lowest BCUT2D eigenvalue weighted by Crippen LogP contribution is -2.41. The standard InChI is InChI=1S/C24H37NO5/c1-4-7-8-12-21(26)15-16-25-22(24(28)30-6-3)18-20-11-9-10-19(17-20)13-14-23(27)29-5-2/h9-11,17,22,25H,4-8,12-16,18H2,1-3H3. The Morgan fingerprint density at radius 2 is 1.67 bits per heavy atom. The molecule has 6 nitrogen and oxygen atoms in total. The third-order valence-corrected chi connectivity index (χ3v) is 4.78. The molecule has 0 aliphatic carbocycles. The van der Waals surface area contributed by atoms with Crippen molar-refractivity contribution in [1.82, 2.24) is 5.32 Å². The number of carbonyl (C=O) groups excluding carboxylic acids is 3. The molecule has 0 fully saturated rings. The van der Waals surface area contributed by atoms with Crippen LogP contribution >= 0.6 is 0 Å². The molecule has 0 spiro atoms. The molecule has 1 N–H and O–H groups in total. The van der Waals surface area contributed by atoms with Crippen molar-refractivity contribution in [3.05, 3.63) is 35.4 Å². The summed E-state index contributed by atoms with van der Waals surface area (Å²) in [7, 11) is 0. The van der Waals surface area contributed by atoms with Crippen LogP contribution < -0.4 is 5.32 Å². The zero-order valence-corrected chi connectivity index (χ0v) is 18.7. The first-order chi connectivity index (χ1) is 14.5. The maximum Gasteiger partial charge on any atom is 0.323 e. The summed E-state index contributed by atoms with van der Waals surface area (Å²) in [5, 5.41) is 3.19. The topological polar surface area (TPSA) is 81.7 Å². The van der Waals surface area contributed by atoms with E-state index in [1.54, 1.807) is 13.8 Å². The smallest absolute Gasteiger partial charge is 0.323 e. The minimum Gasteiger partial charge on any atom is -0.466 e. The number of hydrogen-bond donors (Lipinski definition) is 1. The quantitative estimate of drug-likeness (QED) is 0.324. The van der Waals surface area contributed by atoms with Crippen LogP contribution in [0.1, 0.15) is 70.4 Å². The fourth-order valence-corrected chi connectivity index (χ4v) is 3.19. The summed E-state index contributed by atoms with van der Waals surface area (Å²) >= 11 is 0. The molecule has 30 heavy (non-hydrogen) atoms. The molecular weight excluding hydrogens is 382 g/mol. The average Bonchev–Trinajstić information content (AvgIpc) is 2.72. The number of hydrogen-bond acceptors (Lipinski definition) is 6. The number of Topliss-reactive ketones (excluding diaryl/α,β-unsaturated/α-hetero) is 1. The second-order valence-corrected chi connectivity index (χ2v) is 7.33.